The van der Waals surface area contributed by atoms with E-state index in [0.29, 0.717) is 11.4 Å². The van der Waals surface area contributed by atoms with Crippen molar-refractivity contribution >= 4 is 11.6 Å². The van der Waals surface area contributed by atoms with E-state index in [2.05, 4.69) is 5.10 Å². The van der Waals surface area contributed by atoms with Crippen molar-refractivity contribution in [3.8, 4) is 0 Å². The fourth-order valence-corrected chi connectivity index (χ4v) is 2.11. The summed E-state index contributed by atoms with van der Waals surface area (Å²) in [7, 11) is 0. The zero-order valence-corrected chi connectivity index (χ0v) is 13.1. The molecule has 0 aliphatic rings. The van der Waals surface area contributed by atoms with Crippen LogP contribution in [0.2, 0.25) is 5.02 Å². The number of rotatable bonds is 4. The normalized spacial score (nSPS) is 15.8. The standard InChI is InChI=1S/C14H25ClN2O/c1-7-10-12(15)11(17(8-2)16-10)9-14(6,18)13(3,4)5/h18H,7-9H2,1-6H3. The Morgan fingerprint density at radius 2 is 1.78 bits per heavy atom. The van der Waals surface area contributed by atoms with Crippen molar-refractivity contribution in [2.24, 2.45) is 5.41 Å². The molecule has 0 spiro atoms. The molecule has 1 unspecified atom stereocenters. The highest BCUT2D eigenvalue weighted by Crippen LogP contribution is 2.35. The Morgan fingerprint density at radius 1 is 1.22 bits per heavy atom. The zero-order valence-electron chi connectivity index (χ0n) is 12.3. The summed E-state index contributed by atoms with van der Waals surface area (Å²) in [6.45, 7) is 12.8. The lowest BCUT2D eigenvalue weighted by atomic mass is 9.75. The van der Waals surface area contributed by atoms with Crippen LogP contribution >= 0.6 is 11.6 Å². The van der Waals surface area contributed by atoms with Gasteiger partial charge >= 0.3 is 0 Å². The van der Waals surface area contributed by atoms with Crippen LogP contribution in [0.3, 0.4) is 0 Å². The van der Waals surface area contributed by atoms with Crippen LogP contribution in [0, 0.1) is 5.41 Å². The molecule has 1 heterocycles. The number of hydrogen-bond donors (Lipinski definition) is 1. The second kappa shape index (κ2) is 5.22. The smallest absolute Gasteiger partial charge is 0.0850 e. The molecule has 0 fully saturated rings. The molecule has 18 heavy (non-hydrogen) atoms. The van der Waals surface area contributed by atoms with E-state index < -0.39 is 5.60 Å². The molecular weight excluding hydrogens is 248 g/mol. The molecule has 1 N–H and O–H groups in total. The molecule has 1 aromatic heterocycles. The first-order valence-corrected chi connectivity index (χ1v) is 6.98. The van der Waals surface area contributed by atoms with Crippen LogP contribution < -0.4 is 0 Å². The van der Waals surface area contributed by atoms with Crippen LogP contribution in [0.15, 0.2) is 0 Å². The lowest BCUT2D eigenvalue weighted by molar-refractivity contribution is -0.0419. The van der Waals surface area contributed by atoms with Crippen LogP contribution in [0.25, 0.3) is 0 Å². The molecule has 104 valence electrons. The van der Waals surface area contributed by atoms with Gasteiger partial charge in [-0.3, -0.25) is 4.68 Å². The fraction of sp³-hybridized carbons (Fsp3) is 0.786. The predicted octanol–water partition coefficient (Wildman–Crippen LogP) is 3.46. The van der Waals surface area contributed by atoms with Gasteiger partial charge in [-0.25, -0.2) is 0 Å². The van der Waals surface area contributed by atoms with Gasteiger partial charge in [-0.1, -0.05) is 39.3 Å². The molecule has 4 heteroatoms. The van der Waals surface area contributed by atoms with E-state index in [9.17, 15) is 5.11 Å². The first kappa shape index (κ1) is 15.5. The number of aryl methyl sites for hydroxylation is 2. The van der Waals surface area contributed by atoms with Crippen molar-refractivity contribution in [3.63, 3.8) is 0 Å². The second-order valence-electron chi connectivity index (χ2n) is 6.08. The van der Waals surface area contributed by atoms with Gasteiger partial charge in [-0.2, -0.15) is 5.10 Å². The van der Waals surface area contributed by atoms with E-state index in [1.807, 2.05) is 46.2 Å². The van der Waals surface area contributed by atoms with Crippen molar-refractivity contribution in [1.29, 1.82) is 0 Å². The minimum absolute atomic E-state index is 0.203. The van der Waals surface area contributed by atoms with Crippen molar-refractivity contribution in [2.45, 2.75) is 66.5 Å². The minimum atomic E-state index is -0.811. The Morgan fingerprint density at radius 3 is 2.17 bits per heavy atom. The number of nitrogens with zero attached hydrogens (tertiary/aromatic N) is 2. The van der Waals surface area contributed by atoms with Crippen LogP contribution in [-0.2, 0) is 19.4 Å². The molecule has 1 atom stereocenters. The molecule has 0 radical (unpaired) electrons. The zero-order chi connectivity index (χ0) is 14.1. The highest BCUT2D eigenvalue weighted by molar-refractivity contribution is 6.31. The third kappa shape index (κ3) is 2.89. The summed E-state index contributed by atoms with van der Waals surface area (Å²) in [6.07, 6.45) is 1.34. The highest BCUT2D eigenvalue weighted by Gasteiger charge is 2.37. The Balaban J connectivity index is 3.15. The van der Waals surface area contributed by atoms with Gasteiger partial charge in [0.1, 0.15) is 0 Å². The molecule has 0 aliphatic carbocycles. The Labute approximate surface area is 115 Å². The molecule has 0 amide bonds. The van der Waals surface area contributed by atoms with E-state index in [1.54, 1.807) is 0 Å². The molecule has 3 nitrogen and oxygen atoms in total. The maximum Gasteiger partial charge on any atom is 0.0850 e. The first-order chi connectivity index (χ1) is 8.14. The largest absolute Gasteiger partial charge is 0.389 e. The summed E-state index contributed by atoms with van der Waals surface area (Å²) in [5, 5.41) is 15.8. The second-order valence-corrected chi connectivity index (χ2v) is 6.46. The number of aromatic nitrogens is 2. The van der Waals surface area contributed by atoms with E-state index in [-0.39, 0.29) is 5.41 Å². The summed E-state index contributed by atoms with van der Waals surface area (Å²) >= 11 is 6.37. The third-order valence-electron chi connectivity index (χ3n) is 3.82. The Hall–Kier alpha value is -0.540. The lowest BCUT2D eigenvalue weighted by Crippen LogP contribution is -2.42. The predicted molar refractivity (Wildman–Crippen MR) is 76.1 cm³/mol. The topological polar surface area (TPSA) is 38.0 Å². The SMILES string of the molecule is CCc1nn(CC)c(CC(C)(O)C(C)(C)C)c1Cl. The minimum Gasteiger partial charge on any atom is -0.389 e. The highest BCUT2D eigenvalue weighted by atomic mass is 35.5. The van der Waals surface area contributed by atoms with E-state index >= 15 is 0 Å². The van der Waals surface area contributed by atoms with Crippen molar-refractivity contribution in [1.82, 2.24) is 9.78 Å². The van der Waals surface area contributed by atoms with Gasteiger partial charge < -0.3 is 5.11 Å². The molecule has 0 saturated carbocycles. The van der Waals surface area contributed by atoms with E-state index in [1.165, 1.54) is 0 Å². The average molecular weight is 273 g/mol. The average Bonchev–Trinajstić information content (AvgIpc) is 2.54. The quantitative estimate of drug-likeness (QED) is 0.912. The maximum absolute atomic E-state index is 10.6. The summed E-state index contributed by atoms with van der Waals surface area (Å²) in [5.74, 6) is 0. The van der Waals surface area contributed by atoms with Gasteiger partial charge in [-0.15, -0.1) is 0 Å². The van der Waals surface area contributed by atoms with E-state index in [0.717, 1.165) is 24.4 Å². The molecule has 0 bridgehead atoms. The Kier molecular flexibility index (Phi) is 4.50. The molecule has 0 saturated heterocycles. The number of hydrogen-bond acceptors (Lipinski definition) is 2. The van der Waals surface area contributed by atoms with Crippen molar-refractivity contribution in [3.05, 3.63) is 16.4 Å². The molecule has 0 aromatic carbocycles. The van der Waals surface area contributed by atoms with Crippen LogP contribution in [0.4, 0.5) is 0 Å². The lowest BCUT2D eigenvalue weighted by Gasteiger charge is -2.37. The van der Waals surface area contributed by atoms with Gasteiger partial charge in [0.15, 0.2) is 0 Å². The van der Waals surface area contributed by atoms with Crippen LogP contribution in [-0.4, -0.2) is 20.5 Å². The van der Waals surface area contributed by atoms with Crippen molar-refractivity contribution in [2.75, 3.05) is 0 Å². The van der Waals surface area contributed by atoms with Gasteiger partial charge in [0.25, 0.3) is 0 Å². The fourth-order valence-electron chi connectivity index (χ4n) is 1.78. The third-order valence-corrected chi connectivity index (χ3v) is 4.26. The first-order valence-electron chi connectivity index (χ1n) is 6.60. The molecule has 0 aliphatic heterocycles. The van der Waals surface area contributed by atoms with Gasteiger partial charge in [0.05, 0.1) is 22.0 Å². The van der Waals surface area contributed by atoms with Gasteiger partial charge in [0, 0.05) is 13.0 Å². The van der Waals surface area contributed by atoms with Gasteiger partial charge in [-0.05, 0) is 25.7 Å². The van der Waals surface area contributed by atoms with Crippen molar-refractivity contribution < 1.29 is 5.11 Å². The monoisotopic (exact) mass is 272 g/mol. The summed E-state index contributed by atoms with van der Waals surface area (Å²) in [4.78, 5) is 0. The summed E-state index contributed by atoms with van der Waals surface area (Å²) in [5.41, 5.74) is 0.842. The number of halogens is 1. The molecule has 1 aromatic rings. The molecule has 1 rings (SSSR count). The Bertz CT molecular complexity index is 416. The summed E-state index contributed by atoms with van der Waals surface area (Å²) in [6, 6.07) is 0. The maximum atomic E-state index is 10.6. The molecular formula is C14H25ClN2O. The van der Waals surface area contributed by atoms with E-state index in [4.69, 9.17) is 11.6 Å². The van der Waals surface area contributed by atoms with Crippen LogP contribution in [0.5, 0.6) is 0 Å². The van der Waals surface area contributed by atoms with Gasteiger partial charge in [0.2, 0.25) is 0 Å². The summed E-state index contributed by atoms with van der Waals surface area (Å²) < 4.78 is 1.90. The van der Waals surface area contributed by atoms with Crippen LogP contribution in [0.1, 0.15) is 52.9 Å². The number of aliphatic hydroxyl groups is 1.